The highest BCUT2D eigenvalue weighted by atomic mass is 19.1. The van der Waals surface area contributed by atoms with Crippen molar-refractivity contribution in [2.24, 2.45) is 5.73 Å². The number of halogens is 2. The summed E-state index contributed by atoms with van der Waals surface area (Å²) in [5, 5.41) is 2.88. The number of nitrogens with one attached hydrogen (secondary N) is 1. The molecule has 0 spiro atoms. The maximum Gasteiger partial charge on any atom is 0.251 e. The van der Waals surface area contributed by atoms with Gasteiger partial charge in [-0.1, -0.05) is 6.92 Å². The van der Waals surface area contributed by atoms with E-state index in [1.165, 1.54) is 6.26 Å². The van der Waals surface area contributed by atoms with Crippen LogP contribution in [0.3, 0.4) is 0 Å². The van der Waals surface area contributed by atoms with Crippen molar-refractivity contribution in [2.75, 3.05) is 5.32 Å². The second-order valence-electron chi connectivity index (χ2n) is 4.30. The van der Waals surface area contributed by atoms with Gasteiger partial charge in [0.1, 0.15) is 17.4 Å². The number of furan rings is 1. The van der Waals surface area contributed by atoms with E-state index < -0.39 is 17.5 Å². The van der Waals surface area contributed by atoms with E-state index in [1.807, 2.05) is 6.92 Å². The van der Waals surface area contributed by atoms with Gasteiger partial charge in [-0.25, -0.2) is 8.78 Å². The van der Waals surface area contributed by atoms with E-state index in [0.29, 0.717) is 18.2 Å². The summed E-state index contributed by atoms with van der Waals surface area (Å²) in [7, 11) is 0. The molecule has 0 aliphatic carbocycles. The molecule has 1 heterocycles. The number of nitrogens with two attached hydrogens (primary N) is 1. The van der Waals surface area contributed by atoms with Crippen LogP contribution in [0, 0.1) is 11.6 Å². The Kier molecular flexibility index (Phi) is 4.02. The third kappa shape index (κ3) is 2.79. The number of carbonyl (C=O) groups excluding carboxylic acids is 1. The van der Waals surface area contributed by atoms with E-state index in [-0.39, 0.29) is 17.3 Å². The number of carbonyl (C=O) groups is 1. The van der Waals surface area contributed by atoms with E-state index in [4.69, 9.17) is 10.2 Å². The molecule has 0 radical (unpaired) electrons. The minimum atomic E-state index is -0.980. The first-order valence-corrected chi connectivity index (χ1v) is 6.11. The zero-order chi connectivity index (χ0) is 14.7. The van der Waals surface area contributed by atoms with Crippen LogP contribution in [-0.2, 0) is 0 Å². The van der Waals surface area contributed by atoms with Gasteiger partial charge in [0, 0.05) is 6.07 Å². The van der Waals surface area contributed by atoms with Crippen LogP contribution < -0.4 is 11.1 Å². The Bertz CT molecular complexity index is 612. The Morgan fingerprint density at radius 3 is 2.70 bits per heavy atom. The molecule has 0 saturated carbocycles. The molecular weight excluding hydrogens is 266 g/mol. The second-order valence-corrected chi connectivity index (χ2v) is 4.30. The van der Waals surface area contributed by atoms with Crippen molar-refractivity contribution in [1.82, 2.24) is 0 Å². The summed E-state index contributed by atoms with van der Waals surface area (Å²) in [6, 6.07) is 4.88. The molecule has 1 amide bonds. The fourth-order valence-electron chi connectivity index (χ4n) is 1.90. The fraction of sp³-hybridized carbons (Fsp3) is 0.214. The van der Waals surface area contributed by atoms with E-state index in [9.17, 15) is 13.6 Å². The quantitative estimate of drug-likeness (QED) is 0.883. The van der Waals surface area contributed by atoms with Gasteiger partial charge in [-0.15, -0.1) is 0 Å². The lowest BCUT2D eigenvalue weighted by Crippen LogP contribution is -2.16. The predicted octanol–water partition coefficient (Wildman–Crippen LogP) is 3.22. The molecule has 0 aliphatic heterocycles. The minimum absolute atomic E-state index is 0.00319. The first-order chi connectivity index (χ1) is 9.52. The number of anilines is 1. The van der Waals surface area contributed by atoms with Gasteiger partial charge in [0.15, 0.2) is 0 Å². The molecule has 106 valence electrons. The van der Waals surface area contributed by atoms with Crippen molar-refractivity contribution >= 4 is 11.6 Å². The lowest BCUT2D eigenvalue weighted by atomic mass is 10.1. The van der Waals surface area contributed by atoms with Crippen molar-refractivity contribution in [3.05, 3.63) is 53.5 Å². The molecule has 20 heavy (non-hydrogen) atoms. The molecule has 0 aliphatic rings. The molecule has 4 nitrogen and oxygen atoms in total. The molecule has 1 aromatic heterocycles. The largest absolute Gasteiger partial charge is 0.467 e. The Balaban J connectivity index is 2.33. The van der Waals surface area contributed by atoms with Crippen LogP contribution in [0.2, 0.25) is 0 Å². The molecule has 6 heteroatoms. The number of hydrogen-bond donors (Lipinski definition) is 2. The Labute approximate surface area is 114 Å². The normalized spacial score (nSPS) is 12.2. The molecule has 0 bridgehead atoms. The first kappa shape index (κ1) is 14.0. The number of hydrogen-bond acceptors (Lipinski definition) is 3. The van der Waals surface area contributed by atoms with Crippen LogP contribution in [0.4, 0.5) is 14.5 Å². The average molecular weight is 280 g/mol. The lowest BCUT2D eigenvalue weighted by molar-refractivity contribution is 0.0996. The van der Waals surface area contributed by atoms with Gasteiger partial charge in [-0.2, -0.15) is 0 Å². The van der Waals surface area contributed by atoms with Crippen LogP contribution in [-0.4, -0.2) is 5.91 Å². The number of benzene rings is 1. The zero-order valence-electron chi connectivity index (χ0n) is 10.8. The van der Waals surface area contributed by atoms with E-state index in [1.54, 1.807) is 12.1 Å². The van der Waals surface area contributed by atoms with Crippen molar-refractivity contribution in [3.8, 4) is 0 Å². The molecule has 0 saturated heterocycles. The Morgan fingerprint density at radius 2 is 2.15 bits per heavy atom. The van der Waals surface area contributed by atoms with Gasteiger partial charge < -0.3 is 15.5 Å². The van der Waals surface area contributed by atoms with Crippen molar-refractivity contribution in [3.63, 3.8) is 0 Å². The highest BCUT2D eigenvalue weighted by molar-refractivity contribution is 5.94. The first-order valence-electron chi connectivity index (χ1n) is 6.11. The summed E-state index contributed by atoms with van der Waals surface area (Å²) in [6.45, 7) is 1.89. The SMILES string of the molecule is CCC(Nc1cc(C(N)=O)c(F)cc1F)c1ccco1. The number of rotatable bonds is 5. The maximum atomic E-state index is 13.7. The molecule has 2 aromatic rings. The van der Waals surface area contributed by atoms with Crippen LogP contribution in [0.25, 0.3) is 0 Å². The second kappa shape index (κ2) is 5.73. The standard InChI is InChI=1S/C14H14F2N2O2/c1-2-11(13-4-3-5-20-13)18-12-6-8(14(17)19)9(15)7-10(12)16/h3-7,11,18H,2H2,1H3,(H2,17,19). The van der Waals surface area contributed by atoms with Gasteiger partial charge in [-0.05, 0) is 24.6 Å². The smallest absolute Gasteiger partial charge is 0.251 e. The predicted molar refractivity (Wildman–Crippen MR) is 70.2 cm³/mol. The van der Waals surface area contributed by atoms with Gasteiger partial charge >= 0.3 is 0 Å². The van der Waals surface area contributed by atoms with Crippen molar-refractivity contribution < 1.29 is 18.0 Å². The molecule has 1 aromatic carbocycles. The number of amides is 1. The Hall–Kier alpha value is -2.37. The topological polar surface area (TPSA) is 68.3 Å². The molecule has 0 fully saturated rings. The van der Waals surface area contributed by atoms with Crippen LogP contribution in [0.1, 0.15) is 35.5 Å². The van der Waals surface area contributed by atoms with Gasteiger partial charge in [0.2, 0.25) is 0 Å². The molecule has 1 unspecified atom stereocenters. The monoisotopic (exact) mass is 280 g/mol. The van der Waals surface area contributed by atoms with Gasteiger partial charge in [-0.3, -0.25) is 4.79 Å². The lowest BCUT2D eigenvalue weighted by Gasteiger charge is -2.17. The van der Waals surface area contributed by atoms with Gasteiger partial charge in [0.05, 0.1) is 23.6 Å². The minimum Gasteiger partial charge on any atom is -0.467 e. The van der Waals surface area contributed by atoms with E-state index >= 15 is 0 Å². The fourth-order valence-corrected chi connectivity index (χ4v) is 1.90. The summed E-state index contributed by atoms with van der Waals surface area (Å²) in [4.78, 5) is 11.1. The van der Waals surface area contributed by atoms with Crippen molar-refractivity contribution in [2.45, 2.75) is 19.4 Å². The van der Waals surface area contributed by atoms with Crippen LogP contribution >= 0.6 is 0 Å². The summed E-state index contributed by atoms with van der Waals surface area (Å²) < 4.78 is 32.4. The molecule has 2 rings (SSSR count). The van der Waals surface area contributed by atoms with E-state index in [0.717, 1.165) is 6.07 Å². The van der Waals surface area contributed by atoms with Crippen LogP contribution in [0.15, 0.2) is 34.9 Å². The Morgan fingerprint density at radius 1 is 1.40 bits per heavy atom. The molecule has 3 N–H and O–H groups in total. The summed E-state index contributed by atoms with van der Waals surface area (Å²) in [6.07, 6.45) is 2.13. The average Bonchev–Trinajstić information content (AvgIpc) is 2.91. The summed E-state index contributed by atoms with van der Waals surface area (Å²) >= 11 is 0. The summed E-state index contributed by atoms with van der Waals surface area (Å²) in [5.74, 6) is -2.10. The maximum absolute atomic E-state index is 13.7. The van der Waals surface area contributed by atoms with Gasteiger partial charge in [0.25, 0.3) is 5.91 Å². The van der Waals surface area contributed by atoms with Crippen molar-refractivity contribution in [1.29, 1.82) is 0 Å². The van der Waals surface area contributed by atoms with E-state index in [2.05, 4.69) is 5.32 Å². The molecule has 1 atom stereocenters. The highest BCUT2D eigenvalue weighted by Crippen LogP contribution is 2.26. The number of primary amides is 1. The summed E-state index contributed by atoms with van der Waals surface area (Å²) in [5.41, 5.74) is 4.69. The zero-order valence-corrected chi connectivity index (χ0v) is 10.8. The van der Waals surface area contributed by atoms with Crippen LogP contribution in [0.5, 0.6) is 0 Å². The highest BCUT2D eigenvalue weighted by Gasteiger charge is 2.18. The third-order valence-electron chi connectivity index (χ3n) is 2.95. The third-order valence-corrected chi connectivity index (χ3v) is 2.95. The molecular formula is C14H14F2N2O2.